The molecule has 0 aliphatic heterocycles. The highest BCUT2D eigenvalue weighted by molar-refractivity contribution is 5.27. The number of hydrogen-bond acceptors (Lipinski definition) is 2. The lowest BCUT2D eigenvalue weighted by Gasteiger charge is -2.26. The molecule has 0 amide bonds. The van der Waals surface area contributed by atoms with Gasteiger partial charge in [-0.1, -0.05) is 91.0 Å². The minimum atomic E-state index is -0.0691. The van der Waals surface area contributed by atoms with E-state index >= 15 is 0 Å². The van der Waals surface area contributed by atoms with Gasteiger partial charge in [0.05, 0.1) is 6.04 Å². The zero-order valence-corrected chi connectivity index (χ0v) is 14.5. The first-order valence-electron chi connectivity index (χ1n) is 8.97. The van der Waals surface area contributed by atoms with Crippen molar-refractivity contribution in [3.8, 4) is 0 Å². The van der Waals surface area contributed by atoms with E-state index < -0.39 is 0 Å². The number of hydrogen-bond donors (Lipinski definition) is 2. The SMILES string of the molecule is NC(c1ccccc1)C(NCCCc1ccccc1)c1ccccc1. The first-order valence-corrected chi connectivity index (χ1v) is 8.97. The Hall–Kier alpha value is -2.42. The van der Waals surface area contributed by atoms with Gasteiger partial charge in [-0.3, -0.25) is 0 Å². The topological polar surface area (TPSA) is 38.0 Å². The largest absolute Gasteiger partial charge is 0.322 e. The molecule has 2 nitrogen and oxygen atoms in total. The smallest absolute Gasteiger partial charge is 0.0516 e. The molecular weight excluding hydrogens is 304 g/mol. The van der Waals surface area contributed by atoms with Crippen molar-refractivity contribution in [3.05, 3.63) is 108 Å². The van der Waals surface area contributed by atoms with Gasteiger partial charge in [-0.2, -0.15) is 0 Å². The zero-order chi connectivity index (χ0) is 17.3. The van der Waals surface area contributed by atoms with E-state index in [1.807, 2.05) is 24.3 Å². The summed E-state index contributed by atoms with van der Waals surface area (Å²) in [5, 5.41) is 3.68. The summed E-state index contributed by atoms with van der Waals surface area (Å²) in [4.78, 5) is 0. The first kappa shape index (κ1) is 17.4. The summed E-state index contributed by atoms with van der Waals surface area (Å²) in [6.07, 6.45) is 2.17. The standard InChI is InChI=1S/C23H26N2/c24-22(20-14-6-2-7-15-20)23(21-16-8-3-9-17-21)25-18-10-13-19-11-4-1-5-12-19/h1-9,11-12,14-17,22-23,25H,10,13,18,24H2. The molecule has 25 heavy (non-hydrogen) atoms. The van der Waals surface area contributed by atoms with Gasteiger partial charge >= 0.3 is 0 Å². The van der Waals surface area contributed by atoms with Crippen molar-refractivity contribution < 1.29 is 0 Å². The molecule has 0 aliphatic carbocycles. The third-order valence-corrected chi connectivity index (χ3v) is 4.55. The highest BCUT2D eigenvalue weighted by atomic mass is 14.9. The van der Waals surface area contributed by atoms with Crippen LogP contribution in [0.3, 0.4) is 0 Å². The molecule has 0 bridgehead atoms. The molecule has 2 heteroatoms. The Morgan fingerprint density at radius 3 is 1.80 bits per heavy atom. The normalized spacial score (nSPS) is 13.3. The summed E-state index contributed by atoms with van der Waals surface area (Å²) in [5.41, 5.74) is 10.4. The van der Waals surface area contributed by atoms with E-state index in [4.69, 9.17) is 5.73 Å². The van der Waals surface area contributed by atoms with Crippen molar-refractivity contribution in [1.29, 1.82) is 0 Å². The Kier molecular flexibility index (Phi) is 6.38. The van der Waals surface area contributed by atoms with E-state index in [1.54, 1.807) is 0 Å². The number of aryl methyl sites for hydroxylation is 1. The van der Waals surface area contributed by atoms with Crippen LogP contribution in [-0.4, -0.2) is 6.54 Å². The van der Waals surface area contributed by atoms with Gasteiger partial charge in [-0.05, 0) is 36.1 Å². The number of rotatable bonds is 8. The molecule has 128 valence electrons. The van der Waals surface area contributed by atoms with E-state index in [1.165, 1.54) is 11.1 Å². The lowest BCUT2D eigenvalue weighted by Crippen LogP contribution is -2.32. The predicted octanol–water partition coefficient (Wildman–Crippen LogP) is 4.65. The Labute approximate surface area is 150 Å². The van der Waals surface area contributed by atoms with E-state index in [0.717, 1.165) is 24.9 Å². The minimum Gasteiger partial charge on any atom is -0.322 e. The van der Waals surface area contributed by atoms with E-state index in [2.05, 4.69) is 72.0 Å². The summed E-state index contributed by atoms with van der Waals surface area (Å²) in [6.45, 7) is 0.939. The molecule has 0 saturated heterocycles. The molecule has 0 heterocycles. The molecule has 0 saturated carbocycles. The van der Waals surface area contributed by atoms with Gasteiger partial charge in [0.1, 0.15) is 0 Å². The van der Waals surface area contributed by atoms with Crippen LogP contribution in [0.4, 0.5) is 0 Å². The molecule has 3 aromatic rings. The molecule has 2 unspecified atom stereocenters. The average molecular weight is 330 g/mol. The van der Waals surface area contributed by atoms with Crippen molar-refractivity contribution in [1.82, 2.24) is 5.32 Å². The minimum absolute atomic E-state index is 0.0691. The zero-order valence-electron chi connectivity index (χ0n) is 14.5. The number of nitrogens with one attached hydrogen (secondary N) is 1. The summed E-state index contributed by atoms with van der Waals surface area (Å²) in [6, 6.07) is 31.5. The van der Waals surface area contributed by atoms with Crippen LogP contribution in [0.2, 0.25) is 0 Å². The Bertz CT molecular complexity index is 726. The highest BCUT2D eigenvalue weighted by Gasteiger charge is 2.20. The third-order valence-electron chi connectivity index (χ3n) is 4.55. The van der Waals surface area contributed by atoms with Gasteiger partial charge in [0.25, 0.3) is 0 Å². The van der Waals surface area contributed by atoms with Gasteiger partial charge in [0.2, 0.25) is 0 Å². The Balaban J connectivity index is 1.65. The van der Waals surface area contributed by atoms with Crippen molar-refractivity contribution in [2.24, 2.45) is 5.73 Å². The maximum atomic E-state index is 6.60. The third kappa shape index (κ3) is 5.02. The number of nitrogens with two attached hydrogens (primary N) is 1. The summed E-state index contributed by atoms with van der Waals surface area (Å²) in [7, 11) is 0. The fourth-order valence-electron chi connectivity index (χ4n) is 3.17. The van der Waals surface area contributed by atoms with Crippen molar-refractivity contribution in [2.45, 2.75) is 24.9 Å². The maximum Gasteiger partial charge on any atom is 0.0516 e. The molecule has 3 rings (SSSR count). The second-order valence-electron chi connectivity index (χ2n) is 6.37. The number of benzene rings is 3. The van der Waals surface area contributed by atoms with Crippen LogP contribution >= 0.6 is 0 Å². The van der Waals surface area contributed by atoms with E-state index in [-0.39, 0.29) is 12.1 Å². The fraction of sp³-hybridized carbons (Fsp3) is 0.217. The van der Waals surface area contributed by atoms with Crippen molar-refractivity contribution >= 4 is 0 Å². The monoisotopic (exact) mass is 330 g/mol. The van der Waals surface area contributed by atoms with Gasteiger partial charge in [0.15, 0.2) is 0 Å². The average Bonchev–Trinajstić information content (AvgIpc) is 2.70. The Morgan fingerprint density at radius 2 is 1.20 bits per heavy atom. The van der Waals surface area contributed by atoms with Gasteiger partial charge in [0, 0.05) is 6.04 Å². The molecule has 3 N–H and O–H groups in total. The lowest BCUT2D eigenvalue weighted by molar-refractivity contribution is 0.449. The molecular formula is C23H26N2. The van der Waals surface area contributed by atoms with Crippen LogP contribution in [0.5, 0.6) is 0 Å². The molecule has 2 atom stereocenters. The summed E-state index contributed by atoms with van der Waals surface area (Å²) >= 11 is 0. The van der Waals surface area contributed by atoms with Crippen LogP contribution in [0.25, 0.3) is 0 Å². The van der Waals surface area contributed by atoms with Crippen LogP contribution in [-0.2, 0) is 6.42 Å². The lowest BCUT2D eigenvalue weighted by atomic mass is 9.94. The van der Waals surface area contributed by atoms with Crippen LogP contribution in [0, 0.1) is 0 Å². The molecule has 0 fully saturated rings. The van der Waals surface area contributed by atoms with Crippen LogP contribution in [0.15, 0.2) is 91.0 Å². The van der Waals surface area contributed by atoms with E-state index in [9.17, 15) is 0 Å². The molecule has 0 aromatic heterocycles. The van der Waals surface area contributed by atoms with Crippen LogP contribution in [0.1, 0.15) is 35.2 Å². The van der Waals surface area contributed by atoms with Crippen molar-refractivity contribution in [2.75, 3.05) is 6.54 Å². The molecule has 0 spiro atoms. The first-order chi connectivity index (χ1) is 12.3. The Morgan fingerprint density at radius 1 is 0.680 bits per heavy atom. The van der Waals surface area contributed by atoms with Crippen molar-refractivity contribution in [3.63, 3.8) is 0 Å². The molecule has 3 aromatic carbocycles. The van der Waals surface area contributed by atoms with E-state index in [0.29, 0.717) is 0 Å². The second-order valence-corrected chi connectivity index (χ2v) is 6.37. The second kappa shape index (κ2) is 9.16. The fourth-order valence-corrected chi connectivity index (χ4v) is 3.17. The summed E-state index contributed by atoms with van der Waals surface area (Å²) < 4.78 is 0. The maximum absolute atomic E-state index is 6.60. The quantitative estimate of drug-likeness (QED) is 0.590. The summed E-state index contributed by atoms with van der Waals surface area (Å²) in [5.74, 6) is 0. The molecule has 0 radical (unpaired) electrons. The molecule has 0 aliphatic rings. The van der Waals surface area contributed by atoms with Gasteiger partial charge in [-0.15, -0.1) is 0 Å². The van der Waals surface area contributed by atoms with Gasteiger partial charge in [-0.25, -0.2) is 0 Å². The van der Waals surface area contributed by atoms with Crippen LogP contribution < -0.4 is 11.1 Å². The predicted molar refractivity (Wildman–Crippen MR) is 105 cm³/mol. The highest BCUT2D eigenvalue weighted by Crippen LogP contribution is 2.26. The van der Waals surface area contributed by atoms with Gasteiger partial charge < -0.3 is 11.1 Å².